The first-order chi connectivity index (χ1) is 12.7. The molecule has 3 N–H and O–H groups in total. The Morgan fingerprint density at radius 1 is 0.815 bits per heavy atom. The molecule has 0 saturated carbocycles. The molecule has 0 aliphatic heterocycles. The monoisotopic (exact) mass is 368 g/mol. The summed E-state index contributed by atoms with van der Waals surface area (Å²) in [5, 5.41) is 14.8. The largest absolute Gasteiger partial charge is 0.479 e. The summed E-state index contributed by atoms with van der Waals surface area (Å²) in [5.41, 5.74) is 3.22. The van der Waals surface area contributed by atoms with Gasteiger partial charge in [0.05, 0.1) is 0 Å². The van der Waals surface area contributed by atoms with Gasteiger partial charge in [0.2, 0.25) is 0 Å². The molecule has 2 amide bonds. The fourth-order valence-electron chi connectivity index (χ4n) is 2.56. The van der Waals surface area contributed by atoms with Gasteiger partial charge < -0.3 is 15.7 Å². The molecule has 2 aromatic rings. The maximum absolute atomic E-state index is 12.5. The normalized spacial score (nSPS) is 11.7. The predicted octanol–water partition coefficient (Wildman–Crippen LogP) is 3.00. The third kappa shape index (κ3) is 5.17. The predicted molar refractivity (Wildman–Crippen MR) is 103 cm³/mol. The molecule has 0 aromatic heterocycles. The summed E-state index contributed by atoms with van der Waals surface area (Å²) in [6.45, 7) is 7.54. The molecule has 2 aromatic carbocycles. The van der Waals surface area contributed by atoms with Crippen LogP contribution in [0, 0.1) is 13.8 Å². The Hall–Kier alpha value is -3.15. The van der Waals surface area contributed by atoms with Crippen molar-refractivity contribution in [3.8, 4) is 0 Å². The van der Waals surface area contributed by atoms with E-state index < -0.39 is 17.9 Å². The number of aryl methyl sites for hydroxylation is 2. The lowest BCUT2D eigenvalue weighted by Crippen LogP contribution is -2.34. The van der Waals surface area contributed by atoms with Gasteiger partial charge in [0.15, 0.2) is 6.04 Å². The molecule has 27 heavy (non-hydrogen) atoms. The van der Waals surface area contributed by atoms with Crippen molar-refractivity contribution in [3.63, 3.8) is 0 Å². The van der Waals surface area contributed by atoms with E-state index in [0.717, 1.165) is 11.1 Å². The van der Waals surface area contributed by atoms with Crippen molar-refractivity contribution in [3.05, 3.63) is 70.3 Å². The average Bonchev–Trinajstić information content (AvgIpc) is 2.61. The lowest BCUT2D eigenvalue weighted by molar-refractivity contribution is -0.139. The summed E-state index contributed by atoms with van der Waals surface area (Å²) in [4.78, 5) is 36.1. The molecular weight excluding hydrogens is 344 g/mol. The van der Waals surface area contributed by atoms with Crippen molar-refractivity contribution in [1.29, 1.82) is 0 Å². The summed E-state index contributed by atoms with van der Waals surface area (Å²) in [6.07, 6.45) is 0. The number of aliphatic carboxylic acids is 1. The van der Waals surface area contributed by atoms with Crippen molar-refractivity contribution in [2.24, 2.45) is 0 Å². The minimum Gasteiger partial charge on any atom is -0.479 e. The van der Waals surface area contributed by atoms with E-state index in [1.165, 1.54) is 12.1 Å². The number of carbonyl (C=O) groups is 3. The lowest BCUT2D eigenvalue weighted by atomic mass is 10.0. The molecule has 6 heteroatoms. The number of rotatable bonds is 6. The average molecular weight is 368 g/mol. The number of carboxylic acid groups (broad SMARTS) is 1. The molecule has 0 aliphatic rings. The Kier molecular flexibility index (Phi) is 6.34. The Balaban J connectivity index is 2.17. The maximum atomic E-state index is 12.5. The van der Waals surface area contributed by atoms with Crippen molar-refractivity contribution < 1.29 is 19.5 Å². The summed E-state index contributed by atoms with van der Waals surface area (Å²) < 4.78 is 0. The number of hydrogen-bond donors (Lipinski definition) is 3. The third-order valence-electron chi connectivity index (χ3n) is 4.22. The van der Waals surface area contributed by atoms with E-state index in [-0.39, 0.29) is 17.5 Å². The van der Waals surface area contributed by atoms with Gasteiger partial charge in [-0.2, -0.15) is 0 Å². The Morgan fingerprint density at radius 2 is 1.33 bits per heavy atom. The zero-order valence-corrected chi connectivity index (χ0v) is 15.9. The highest BCUT2D eigenvalue weighted by molar-refractivity contribution is 5.99. The van der Waals surface area contributed by atoms with Crippen LogP contribution >= 0.6 is 0 Å². The minimum atomic E-state index is -1.15. The molecule has 0 saturated heterocycles. The Morgan fingerprint density at radius 3 is 1.78 bits per heavy atom. The van der Waals surface area contributed by atoms with E-state index in [9.17, 15) is 19.5 Å². The second kappa shape index (κ2) is 8.49. The number of benzene rings is 2. The molecule has 1 unspecified atom stereocenters. The van der Waals surface area contributed by atoms with E-state index >= 15 is 0 Å². The van der Waals surface area contributed by atoms with Crippen LogP contribution in [0.2, 0.25) is 0 Å². The first-order valence-corrected chi connectivity index (χ1v) is 8.70. The third-order valence-corrected chi connectivity index (χ3v) is 4.22. The fraction of sp³-hybridized carbons (Fsp3) is 0.286. The number of carboxylic acids is 1. The number of nitrogens with one attached hydrogen (secondary N) is 2. The van der Waals surface area contributed by atoms with Crippen molar-refractivity contribution in [2.75, 3.05) is 0 Å². The molecule has 0 aliphatic carbocycles. The van der Waals surface area contributed by atoms with Gasteiger partial charge in [0.25, 0.3) is 11.8 Å². The summed E-state index contributed by atoms with van der Waals surface area (Å²) in [5.74, 6) is -1.88. The summed E-state index contributed by atoms with van der Waals surface area (Å²) >= 11 is 0. The summed E-state index contributed by atoms with van der Waals surface area (Å²) in [6, 6.07) is 10.2. The summed E-state index contributed by atoms with van der Waals surface area (Å²) in [7, 11) is 0. The number of hydrogen-bond acceptors (Lipinski definition) is 3. The Labute approximate surface area is 158 Å². The quantitative estimate of drug-likeness (QED) is 0.730. The molecule has 142 valence electrons. The first-order valence-electron chi connectivity index (χ1n) is 8.70. The fourth-order valence-corrected chi connectivity index (χ4v) is 2.56. The molecule has 0 radical (unpaired) electrons. The topological polar surface area (TPSA) is 95.5 Å². The van der Waals surface area contributed by atoms with Crippen LogP contribution in [-0.2, 0) is 4.79 Å². The van der Waals surface area contributed by atoms with Crippen LogP contribution in [0.1, 0.15) is 57.3 Å². The second-order valence-electron chi connectivity index (χ2n) is 6.79. The molecule has 0 bridgehead atoms. The van der Waals surface area contributed by atoms with Gasteiger partial charge in [-0.15, -0.1) is 0 Å². The zero-order chi connectivity index (χ0) is 20.1. The van der Waals surface area contributed by atoms with Crippen LogP contribution in [0.15, 0.2) is 42.5 Å². The van der Waals surface area contributed by atoms with Gasteiger partial charge in [-0.05, 0) is 68.7 Å². The van der Waals surface area contributed by atoms with Gasteiger partial charge in [-0.1, -0.05) is 18.2 Å². The highest BCUT2D eigenvalue weighted by atomic mass is 16.4. The van der Waals surface area contributed by atoms with Gasteiger partial charge in [0.1, 0.15) is 0 Å². The highest BCUT2D eigenvalue weighted by Gasteiger charge is 2.23. The van der Waals surface area contributed by atoms with Crippen LogP contribution in [0.3, 0.4) is 0 Å². The molecule has 6 nitrogen and oxygen atoms in total. The Bertz CT molecular complexity index is 857. The van der Waals surface area contributed by atoms with E-state index in [1.807, 2.05) is 33.8 Å². The maximum Gasteiger partial charge on any atom is 0.330 e. The van der Waals surface area contributed by atoms with Gasteiger partial charge in [0, 0.05) is 17.2 Å². The van der Waals surface area contributed by atoms with E-state index in [1.54, 1.807) is 24.3 Å². The first kappa shape index (κ1) is 20.2. The van der Waals surface area contributed by atoms with Crippen molar-refractivity contribution in [2.45, 2.75) is 39.8 Å². The van der Waals surface area contributed by atoms with Gasteiger partial charge in [-0.25, -0.2) is 4.79 Å². The molecule has 2 rings (SSSR count). The van der Waals surface area contributed by atoms with Crippen LogP contribution in [0.5, 0.6) is 0 Å². The SMILES string of the molecule is Cc1ccc(C(NC(=O)c2ccc(C(=O)NC(C)C)cc2)C(=O)O)cc1C. The number of carbonyl (C=O) groups excluding carboxylic acids is 2. The van der Waals surface area contributed by atoms with E-state index in [2.05, 4.69) is 10.6 Å². The minimum absolute atomic E-state index is 0.00904. The zero-order valence-electron chi connectivity index (χ0n) is 15.9. The standard InChI is InChI=1S/C21H24N2O4/c1-12(2)22-19(24)15-7-9-16(10-8-15)20(25)23-18(21(26)27)17-6-5-13(3)14(4)11-17/h5-12,18H,1-4H3,(H,22,24)(H,23,25)(H,26,27). The van der Waals surface area contributed by atoms with Crippen LogP contribution in [0.4, 0.5) is 0 Å². The van der Waals surface area contributed by atoms with E-state index in [4.69, 9.17) is 0 Å². The molecule has 0 fully saturated rings. The lowest BCUT2D eigenvalue weighted by Gasteiger charge is -2.16. The molecule has 0 heterocycles. The van der Waals surface area contributed by atoms with Crippen LogP contribution < -0.4 is 10.6 Å². The smallest absolute Gasteiger partial charge is 0.330 e. The van der Waals surface area contributed by atoms with Crippen molar-refractivity contribution in [1.82, 2.24) is 10.6 Å². The molecule has 0 spiro atoms. The van der Waals surface area contributed by atoms with E-state index in [0.29, 0.717) is 11.1 Å². The molecule has 1 atom stereocenters. The molecular formula is C21H24N2O4. The van der Waals surface area contributed by atoms with Crippen LogP contribution in [-0.4, -0.2) is 28.9 Å². The van der Waals surface area contributed by atoms with Gasteiger partial charge >= 0.3 is 5.97 Å². The van der Waals surface area contributed by atoms with Gasteiger partial charge in [-0.3, -0.25) is 9.59 Å². The highest BCUT2D eigenvalue weighted by Crippen LogP contribution is 2.18. The number of amides is 2. The van der Waals surface area contributed by atoms with Crippen LogP contribution in [0.25, 0.3) is 0 Å². The second-order valence-corrected chi connectivity index (χ2v) is 6.79. The van der Waals surface area contributed by atoms with Crippen molar-refractivity contribution >= 4 is 17.8 Å².